The summed E-state index contributed by atoms with van der Waals surface area (Å²) >= 11 is -0.932. The summed E-state index contributed by atoms with van der Waals surface area (Å²) in [5.74, 6) is 2.83. The van der Waals surface area contributed by atoms with Crippen LogP contribution in [-0.4, -0.2) is 32.0 Å². The van der Waals surface area contributed by atoms with Gasteiger partial charge in [-0.3, -0.25) is 0 Å². The minimum absolute atomic E-state index is 0.0110. The van der Waals surface area contributed by atoms with E-state index in [4.69, 9.17) is 6.26 Å². The molecule has 0 spiro atoms. The van der Waals surface area contributed by atoms with Crippen LogP contribution in [-0.2, 0) is 53.6 Å². The van der Waals surface area contributed by atoms with E-state index >= 15 is 0 Å². The van der Waals surface area contributed by atoms with E-state index in [1.54, 1.807) is 0 Å². The predicted octanol–water partition coefficient (Wildman–Crippen LogP) is 13.3. The molecule has 0 aliphatic rings. The zero-order valence-electron chi connectivity index (χ0n) is 37.7. The van der Waals surface area contributed by atoms with Crippen molar-refractivity contribution in [3.8, 4) is 0 Å². The monoisotopic (exact) mass is 1060 g/mol. The molecule has 0 aromatic rings. The van der Waals surface area contributed by atoms with Crippen molar-refractivity contribution in [2.24, 2.45) is 5.41 Å². The third-order valence-corrected chi connectivity index (χ3v) is 11.5. The average Bonchev–Trinajstić information content (AvgIpc) is 2.90. The Balaban J connectivity index is -0.0000000394. The molecule has 0 fully saturated rings. The van der Waals surface area contributed by atoms with Gasteiger partial charge in [-0.2, -0.15) is 41.5 Å². The Morgan fingerprint density at radius 2 is 0.729 bits per heavy atom. The van der Waals surface area contributed by atoms with Crippen molar-refractivity contribution in [1.29, 1.82) is 0 Å². The second-order valence-corrected chi connectivity index (χ2v) is 24.4. The molecule has 48 heavy (non-hydrogen) atoms. The van der Waals surface area contributed by atoms with Crippen LogP contribution in [0.15, 0.2) is 26.3 Å². The van der Waals surface area contributed by atoms with Gasteiger partial charge in [-0.05, 0) is 0 Å². The maximum absolute atomic E-state index is 11.7. The summed E-state index contributed by atoms with van der Waals surface area (Å²) in [6.07, 6.45) is 0.750. The molecular formula is C38H84O6Si2W2-6. The van der Waals surface area contributed by atoms with E-state index in [-0.39, 0.29) is 25.6 Å². The number of aliphatic hydroxyl groups is 2. The average molecular weight is 1060 g/mol. The Hall–Kier alpha value is 0.280. The Bertz CT molecular complexity index is 641. The van der Waals surface area contributed by atoms with Gasteiger partial charge >= 0.3 is 75.2 Å². The summed E-state index contributed by atoms with van der Waals surface area (Å²) in [5.41, 5.74) is 0.187. The second-order valence-electron chi connectivity index (χ2n) is 15.6. The molecule has 0 saturated heterocycles. The molecule has 0 atom stereocenters. The summed E-state index contributed by atoms with van der Waals surface area (Å²) < 4.78 is 54.9. The van der Waals surface area contributed by atoms with E-state index in [0.29, 0.717) is 19.8 Å². The van der Waals surface area contributed by atoms with Gasteiger partial charge in [0.25, 0.3) is 17.4 Å². The molecule has 0 rings (SSSR count). The van der Waals surface area contributed by atoms with Crippen LogP contribution in [0.4, 0.5) is 0 Å². The molecule has 10 heteroatoms. The molecule has 0 aromatic heterocycles. The van der Waals surface area contributed by atoms with Crippen LogP contribution in [0, 0.1) is 45.3 Å². The van der Waals surface area contributed by atoms with E-state index in [1.807, 2.05) is 87.5 Å². The topological polar surface area (TPSA) is 109 Å². The van der Waals surface area contributed by atoms with E-state index in [0.717, 1.165) is 6.42 Å². The Kier molecular flexibility index (Phi) is 72.0. The van der Waals surface area contributed by atoms with Gasteiger partial charge in [-0.15, -0.1) is 26.3 Å². The van der Waals surface area contributed by atoms with Crippen LogP contribution in [0.3, 0.4) is 0 Å². The molecule has 0 bridgehead atoms. The van der Waals surface area contributed by atoms with Gasteiger partial charge < -0.3 is 51.2 Å². The molecule has 0 aliphatic heterocycles. The number of hydrogen-bond acceptors (Lipinski definition) is 6. The van der Waals surface area contributed by atoms with Gasteiger partial charge in [0.1, 0.15) is 0 Å². The van der Waals surface area contributed by atoms with Crippen LogP contribution >= 0.6 is 0 Å². The van der Waals surface area contributed by atoms with Crippen LogP contribution < -0.4 is 0 Å². The van der Waals surface area contributed by atoms with Crippen LogP contribution in [0.2, 0.25) is 20.2 Å². The summed E-state index contributed by atoms with van der Waals surface area (Å²) in [5, 5.41) is 6.46. The zero-order valence-corrected chi connectivity index (χ0v) is 43.6. The fourth-order valence-electron chi connectivity index (χ4n) is 2.39. The van der Waals surface area contributed by atoms with Crippen molar-refractivity contribution < 1.29 is 66.6 Å². The number of rotatable bonds is 0. The summed E-state index contributed by atoms with van der Waals surface area (Å²) in [4.78, 5) is 0. The molecule has 0 radical (unpaired) electrons. The van der Waals surface area contributed by atoms with Crippen molar-refractivity contribution >= 4 is 21.8 Å². The zero-order chi connectivity index (χ0) is 44.3. The minimum atomic E-state index is -1.47. The van der Waals surface area contributed by atoms with Crippen molar-refractivity contribution in [1.82, 2.24) is 0 Å². The van der Waals surface area contributed by atoms with E-state index in [2.05, 4.69) is 127 Å². The molecule has 0 heterocycles. The van der Waals surface area contributed by atoms with Gasteiger partial charge in [0.2, 0.25) is 0 Å². The van der Waals surface area contributed by atoms with Gasteiger partial charge in [-0.25, -0.2) is 14.2 Å². The number of aliphatic hydroxyl groups excluding tert-OH is 2. The van der Waals surface area contributed by atoms with Gasteiger partial charge in [0.15, 0.2) is 2.86 Å². The SMILES string of the molecule is C=C.C=C.CC(C)(C)[CH]=[W]=[O].CC(C)(C)[Si](=O)C(C)(C)C.CC(C)(C)[Si](=O)C(C)(C)C.C[C-](C)C.C[C-](C)C.[3H]O[CH2-].[3H]O[CH2-].[CH2-]C[CH2-].[O]=[W]. The third kappa shape index (κ3) is 119. The Labute approximate surface area is 330 Å². The molecule has 0 aliphatic carbocycles. The molecule has 298 valence electrons. The van der Waals surface area contributed by atoms with Crippen molar-refractivity contribution in [2.45, 2.75) is 172 Å². The standard InChI is InChI=1S/2C8H18OSi.C5H10.2C4H9.C3H6.2C2H4.2CH3O.2O.2W/c2*1-7(2,3)10(9)8(4,5)6;1-5(2,3)4;2*1-4(2)3;1-3-2;4*1-2;;;;/h2*1-6H3;1H,2-4H3;2*1-3H3;1-3H2;2*1-2H2;2*2H,1H2;;;;/q;;;2*-1;-2;;;2*-1;;;;/i;;;;;;;;2*2T;;;;. The fraction of sp³-hybridized carbons (Fsp3) is 0.711. The van der Waals surface area contributed by atoms with Crippen LogP contribution in [0.1, 0.15) is 155 Å². The maximum atomic E-state index is 11.7. The van der Waals surface area contributed by atoms with Crippen molar-refractivity contribution in [3.63, 3.8) is 0 Å². The van der Waals surface area contributed by atoms with E-state index in [9.17, 15) is 12.3 Å². The van der Waals surface area contributed by atoms with Crippen LogP contribution in [0.5, 0.6) is 0 Å². The quantitative estimate of drug-likeness (QED) is 0.142. The summed E-state index contributed by atoms with van der Waals surface area (Å²) in [7, 11) is 2.36. The fourth-order valence-corrected chi connectivity index (χ4v) is 7.93. The van der Waals surface area contributed by atoms with Crippen molar-refractivity contribution in [3.05, 3.63) is 66.2 Å². The van der Waals surface area contributed by atoms with Gasteiger partial charge in [-0.1, -0.05) is 83.1 Å². The Morgan fingerprint density at radius 3 is 0.729 bits per heavy atom. The van der Waals surface area contributed by atoms with Gasteiger partial charge in [0, 0.05) is 20.2 Å². The first kappa shape index (κ1) is 69.9. The molecule has 0 amide bonds. The first-order chi connectivity index (χ1) is 22.1. The molecule has 0 unspecified atom stereocenters. The number of hydrogen-bond donors (Lipinski definition) is 2. The predicted molar refractivity (Wildman–Crippen MR) is 212 cm³/mol. The van der Waals surface area contributed by atoms with E-state index < -0.39 is 35.4 Å². The first-order valence-electron chi connectivity index (χ1n) is 16.2. The molecule has 2 N–H and O–H groups in total. The molecule has 6 nitrogen and oxygen atoms in total. The van der Waals surface area contributed by atoms with Crippen LogP contribution in [0.25, 0.3) is 0 Å². The second kappa shape index (κ2) is 49.4. The molecule has 0 saturated carbocycles. The normalized spacial score (nSPS) is 10.1. The summed E-state index contributed by atoms with van der Waals surface area (Å²) in [6, 6.07) is 0. The van der Waals surface area contributed by atoms with Crippen molar-refractivity contribution in [2.75, 3.05) is 0 Å². The molecular weight excluding hydrogens is 976 g/mol. The first-order valence-corrected chi connectivity index (χ1v) is 22.2. The Morgan fingerprint density at radius 1 is 0.625 bits per heavy atom. The molecule has 0 aromatic carbocycles. The summed E-state index contributed by atoms with van der Waals surface area (Å²) in [6.45, 7) is 61.9. The third-order valence-electron chi connectivity index (χ3n) is 3.13. The van der Waals surface area contributed by atoms with Gasteiger partial charge in [0.05, 0.1) is 0 Å². The van der Waals surface area contributed by atoms with E-state index in [1.165, 1.54) is 11.8 Å².